The molecule has 0 heterocycles. The first kappa shape index (κ1) is 11.4. The number of hydrogen-bond donors (Lipinski definition) is 1. The first-order valence-corrected chi connectivity index (χ1v) is 4.63. The van der Waals surface area contributed by atoms with E-state index in [1.807, 2.05) is 0 Å². The molecule has 1 aromatic rings. The number of nitrogen functional groups attached to an aromatic ring is 1. The number of hydrogen-bond acceptors (Lipinski definition) is 4. The van der Waals surface area contributed by atoms with E-state index in [-0.39, 0.29) is 0 Å². The van der Waals surface area contributed by atoms with Gasteiger partial charge >= 0.3 is 6.16 Å². The van der Waals surface area contributed by atoms with Crippen molar-refractivity contribution in [1.29, 1.82) is 0 Å². The Labute approximate surface area is 89.0 Å². The van der Waals surface area contributed by atoms with Crippen molar-refractivity contribution >= 4 is 11.8 Å². The molecule has 0 saturated carbocycles. The van der Waals surface area contributed by atoms with Crippen LogP contribution in [0.4, 0.5) is 10.5 Å². The molecule has 0 amide bonds. The minimum absolute atomic E-state index is 0.379. The molecule has 0 fully saturated rings. The quantitative estimate of drug-likeness (QED) is 0.438. The lowest BCUT2D eigenvalue weighted by Gasteiger charge is -2.18. The number of ether oxygens (including phenoxy) is 2. The summed E-state index contributed by atoms with van der Waals surface area (Å²) in [5, 5.41) is 0. The van der Waals surface area contributed by atoms with E-state index >= 15 is 0 Å². The highest BCUT2D eigenvalue weighted by molar-refractivity contribution is 5.65. The molecular formula is C11H15NO3. The molecule has 2 N–H and O–H groups in total. The number of anilines is 1. The van der Waals surface area contributed by atoms with Crippen molar-refractivity contribution in [2.75, 3.05) is 5.73 Å². The molecular weight excluding hydrogens is 194 g/mol. The van der Waals surface area contributed by atoms with Crippen LogP contribution in [-0.2, 0) is 4.74 Å². The van der Waals surface area contributed by atoms with E-state index in [2.05, 4.69) is 0 Å². The summed E-state index contributed by atoms with van der Waals surface area (Å²) < 4.78 is 9.91. The van der Waals surface area contributed by atoms with Gasteiger partial charge in [0.2, 0.25) is 0 Å². The Bertz CT molecular complexity index is 355. The zero-order valence-corrected chi connectivity index (χ0v) is 9.11. The Balaban J connectivity index is 2.59. The second-order valence-corrected chi connectivity index (χ2v) is 4.14. The summed E-state index contributed by atoms with van der Waals surface area (Å²) in [6, 6.07) is 6.61. The Morgan fingerprint density at radius 3 is 2.53 bits per heavy atom. The standard InChI is InChI=1S/C11H15NO3/c1-11(2,3)15-10(13)14-9-6-4-5-8(12)7-9/h4-7H,12H2,1-3H3. The van der Waals surface area contributed by atoms with Crippen LogP contribution in [0.1, 0.15) is 20.8 Å². The van der Waals surface area contributed by atoms with Crippen molar-refractivity contribution in [3.05, 3.63) is 24.3 Å². The van der Waals surface area contributed by atoms with Crippen LogP contribution in [0.5, 0.6) is 5.75 Å². The summed E-state index contributed by atoms with van der Waals surface area (Å²) in [7, 11) is 0. The fourth-order valence-corrected chi connectivity index (χ4v) is 0.945. The highest BCUT2D eigenvalue weighted by atomic mass is 16.7. The van der Waals surface area contributed by atoms with Crippen LogP contribution in [0.3, 0.4) is 0 Å². The molecule has 0 radical (unpaired) electrons. The van der Waals surface area contributed by atoms with Crippen LogP contribution in [0.25, 0.3) is 0 Å². The minimum Gasteiger partial charge on any atom is -0.428 e. The Morgan fingerprint density at radius 2 is 2.00 bits per heavy atom. The average molecular weight is 209 g/mol. The summed E-state index contributed by atoms with van der Waals surface area (Å²) in [5.41, 5.74) is 5.51. The van der Waals surface area contributed by atoms with Crippen molar-refractivity contribution in [3.8, 4) is 5.75 Å². The van der Waals surface area contributed by atoms with Gasteiger partial charge in [0.25, 0.3) is 0 Å². The maximum absolute atomic E-state index is 11.3. The zero-order chi connectivity index (χ0) is 11.5. The molecule has 0 spiro atoms. The SMILES string of the molecule is CC(C)(C)OC(=O)Oc1cccc(N)c1. The fraction of sp³-hybridized carbons (Fsp3) is 0.364. The molecule has 0 aromatic heterocycles. The summed E-state index contributed by atoms with van der Waals surface area (Å²) >= 11 is 0. The van der Waals surface area contributed by atoms with Crippen LogP contribution in [0.2, 0.25) is 0 Å². The Kier molecular flexibility index (Phi) is 3.19. The zero-order valence-electron chi connectivity index (χ0n) is 9.11. The highest BCUT2D eigenvalue weighted by Gasteiger charge is 2.17. The molecule has 82 valence electrons. The second-order valence-electron chi connectivity index (χ2n) is 4.14. The van der Waals surface area contributed by atoms with Crippen molar-refractivity contribution in [3.63, 3.8) is 0 Å². The molecule has 0 aliphatic carbocycles. The third-order valence-electron chi connectivity index (χ3n) is 1.45. The van der Waals surface area contributed by atoms with Crippen LogP contribution in [0.15, 0.2) is 24.3 Å². The lowest BCUT2D eigenvalue weighted by atomic mass is 10.2. The molecule has 4 heteroatoms. The second kappa shape index (κ2) is 4.21. The Hall–Kier alpha value is -1.71. The summed E-state index contributed by atoms with van der Waals surface area (Å²) in [4.78, 5) is 11.3. The Morgan fingerprint density at radius 1 is 1.33 bits per heavy atom. The smallest absolute Gasteiger partial charge is 0.428 e. The van der Waals surface area contributed by atoms with Crippen molar-refractivity contribution < 1.29 is 14.3 Å². The van der Waals surface area contributed by atoms with Gasteiger partial charge in [-0.3, -0.25) is 0 Å². The summed E-state index contributed by atoms with van der Waals surface area (Å²) in [6.45, 7) is 5.31. The van der Waals surface area contributed by atoms with Gasteiger partial charge < -0.3 is 15.2 Å². The number of benzene rings is 1. The maximum Gasteiger partial charge on any atom is 0.514 e. The van der Waals surface area contributed by atoms with Gasteiger partial charge in [-0.25, -0.2) is 4.79 Å². The largest absolute Gasteiger partial charge is 0.514 e. The number of carbonyl (C=O) groups excluding carboxylic acids is 1. The van der Waals surface area contributed by atoms with Crippen LogP contribution in [0, 0.1) is 0 Å². The molecule has 0 saturated heterocycles. The van der Waals surface area contributed by atoms with Crippen LogP contribution >= 0.6 is 0 Å². The van der Waals surface area contributed by atoms with Gasteiger partial charge in [0, 0.05) is 11.8 Å². The van der Waals surface area contributed by atoms with Gasteiger partial charge in [-0.1, -0.05) is 6.07 Å². The molecule has 0 unspecified atom stereocenters. The predicted molar refractivity (Wildman–Crippen MR) is 57.7 cm³/mol. The van der Waals surface area contributed by atoms with E-state index in [9.17, 15) is 4.79 Å². The lowest BCUT2D eigenvalue weighted by molar-refractivity contribution is 0.0206. The molecule has 4 nitrogen and oxygen atoms in total. The summed E-state index contributed by atoms with van der Waals surface area (Å²) in [6.07, 6.45) is -0.729. The topological polar surface area (TPSA) is 61.5 Å². The third-order valence-corrected chi connectivity index (χ3v) is 1.45. The van der Waals surface area contributed by atoms with Gasteiger partial charge in [0.05, 0.1) is 0 Å². The van der Waals surface area contributed by atoms with Gasteiger partial charge in [-0.2, -0.15) is 0 Å². The molecule has 1 aromatic carbocycles. The maximum atomic E-state index is 11.3. The van der Waals surface area contributed by atoms with E-state index in [0.29, 0.717) is 11.4 Å². The fourth-order valence-electron chi connectivity index (χ4n) is 0.945. The van der Waals surface area contributed by atoms with E-state index in [1.165, 1.54) is 0 Å². The lowest BCUT2D eigenvalue weighted by Crippen LogP contribution is -2.25. The van der Waals surface area contributed by atoms with Gasteiger partial charge in [-0.05, 0) is 32.9 Å². The minimum atomic E-state index is -0.729. The van der Waals surface area contributed by atoms with Crippen molar-refractivity contribution in [1.82, 2.24) is 0 Å². The van der Waals surface area contributed by atoms with Crippen molar-refractivity contribution in [2.45, 2.75) is 26.4 Å². The molecule has 0 aliphatic heterocycles. The molecule has 15 heavy (non-hydrogen) atoms. The molecule has 1 rings (SSSR count). The number of carbonyl (C=O) groups is 1. The molecule has 0 bridgehead atoms. The van der Waals surface area contributed by atoms with E-state index < -0.39 is 11.8 Å². The summed E-state index contributed by atoms with van der Waals surface area (Å²) in [5.74, 6) is 0.379. The predicted octanol–water partition coefficient (Wildman–Crippen LogP) is 2.58. The van der Waals surface area contributed by atoms with Gasteiger partial charge in [0.15, 0.2) is 0 Å². The molecule has 0 atom stereocenters. The number of nitrogens with two attached hydrogens (primary N) is 1. The first-order chi connectivity index (χ1) is 6.87. The monoisotopic (exact) mass is 209 g/mol. The van der Waals surface area contributed by atoms with Gasteiger partial charge in [0.1, 0.15) is 11.4 Å². The highest BCUT2D eigenvalue weighted by Crippen LogP contribution is 2.16. The van der Waals surface area contributed by atoms with E-state index in [0.717, 1.165) is 0 Å². The van der Waals surface area contributed by atoms with Gasteiger partial charge in [-0.15, -0.1) is 0 Å². The first-order valence-electron chi connectivity index (χ1n) is 4.63. The van der Waals surface area contributed by atoms with Crippen LogP contribution < -0.4 is 10.5 Å². The van der Waals surface area contributed by atoms with E-state index in [1.54, 1.807) is 45.0 Å². The number of rotatable bonds is 1. The van der Waals surface area contributed by atoms with E-state index in [4.69, 9.17) is 15.2 Å². The normalized spacial score (nSPS) is 10.9. The van der Waals surface area contributed by atoms with Crippen LogP contribution in [-0.4, -0.2) is 11.8 Å². The van der Waals surface area contributed by atoms with Crippen molar-refractivity contribution in [2.24, 2.45) is 0 Å². The molecule has 0 aliphatic rings. The third kappa shape index (κ3) is 4.35. The average Bonchev–Trinajstić information content (AvgIpc) is 1.99.